The van der Waals surface area contributed by atoms with Crippen LogP contribution >= 0.6 is 27.3 Å². The van der Waals surface area contributed by atoms with Crippen molar-refractivity contribution in [1.82, 2.24) is 5.32 Å². The Morgan fingerprint density at radius 1 is 1.58 bits per heavy atom. The highest BCUT2D eigenvalue weighted by Crippen LogP contribution is 2.24. The molecule has 0 aromatic carbocycles. The topological polar surface area (TPSA) is 51.5 Å². The van der Waals surface area contributed by atoms with Crippen LogP contribution in [0.15, 0.2) is 38.7 Å². The van der Waals surface area contributed by atoms with E-state index in [2.05, 4.69) is 21.2 Å². The molecule has 4 nitrogen and oxygen atoms in total. The van der Waals surface area contributed by atoms with Crippen molar-refractivity contribution in [1.29, 1.82) is 0 Å². The number of furan rings is 1. The fraction of sp³-hybridized carbons (Fsp3) is 0.308. The van der Waals surface area contributed by atoms with Crippen molar-refractivity contribution in [3.8, 4) is 0 Å². The van der Waals surface area contributed by atoms with Gasteiger partial charge in [-0.1, -0.05) is 0 Å². The van der Waals surface area contributed by atoms with Gasteiger partial charge in [0.05, 0.1) is 12.3 Å². The van der Waals surface area contributed by atoms with Crippen LogP contribution in [0.1, 0.15) is 27.9 Å². The molecule has 6 heteroatoms. The van der Waals surface area contributed by atoms with Crippen LogP contribution in [0.3, 0.4) is 0 Å². The Hall–Kier alpha value is -1.11. The molecule has 1 atom stereocenters. The number of rotatable bonds is 6. The van der Waals surface area contributed by atoms with Crippen LogP contribution in [-0.2, 0) is 4.74 Å². The summed E-state index contributed by atoms with van der Waals surface area (Å²) in [5, 5.41) is 4.84. The number of carbonyl (C=O) groups is 1. The van der Waals surface area contributed by atoms with Gasteiger partial charge < -0.3 is 14.5 Å². The molecule has 102 valence electrons. The molecule has 1 N–H and O–H groups in total. The van der Waals surface area contributed by atoms with Crippen LogP contribution in [0.25, 0.3) is 0 Å². The average Bonchev–Trinajstić information content (AvgIpc) is 3.05. The zero-order valence-corrected chi connectivity index (χ0v) is 12.8. The van der Waals surface area contributed by atoms with Crippen molar-refractivity contribution < 1.29 is 13.9 Å². The second-order valence-electron chi connectivity index (χ2n) is 3.92. The molecule has 0 aliphatic carbocycles. The average molecular weight is 344 g/mol. The maximum atomic E-state index is 12.2. The summed E-state index contributed by atoms with van der Waals surface area (Å²) < 4.78 is 11.2. The Balaban J connectivity index is 2.08. The van der Waals surface area contributed by atoms with Gasteiger partial charge >= 0.3 is 0 Å². The first-order valence-electron chi connectivity index (χ1n) is 5.78. The molecule has 2 aromatic rings. The van der Waals surface area contributed by atoms with Crippen LogP contribution < -0.4 is 5.32 Å². The highest BCUT2D eigenvalue weighted by Gasteiger charge is 2.20. The van der Waals surface area contributed by atoms with Gasteiger partial charge in [-0.15, -0.1) is 11.3 Å². The van der Waals surface area contributed by atoms with Crippen LogP contribution in [0.4, 0.5) is 0 Å². The van der Waals surface area contributed by atoms with Gasteiger partial charge in [-0.2, -0.15) is 0 Å². The zero-order chi connectivity index (χ0) is 13.7. The van der Waals surface area contributed by atoms with E-state index in [-0.39, 0.29) is 11.9 Å². The Morgan fingerprint density at radius 2 is 2.42 bits per heavy atom. The van der Waals surface area contributed by atoms with Crippen molar-refractivity contribution in [2.24, 2.45) is 0 Å². The summed E-state index contributed by atoms with van der Waals surface area (Å²) >= 11 is 4.76. The molecule has 2 heterocycles. The van der Waals surface area contributed by atoms with Gasteiger partial charge in [0.15, 0.2) is 0 Å². The second kappa shape index (κ2) is 6.88. The number of halogens is 1. The lowest BCUT2D eigenvalue weighted by Gasteiger charge is -2.15. The number of hydrogen-bond donors (Lipinski definition) is 1. The molecule has 0 saturated heterocycles. The Bertz CT molecular complexity index is 524. The Labute approximate surface area is 123 Å². The summed E-state index contributed by atoms with van der Waals surface area (Å²) in [5.74, 6) is 0.623. The van der Waals surface area contributed by atoms with E-state index in [9.17, 15) is 4.79 Å². The van der Waals surface area contributed by atoms with E-state index >= 15 is 0 Å². The number of nitrogens with one attached hydrogen (secondary N) is 1. The summed E-state index contributed by atoms with van der Waals surface area (Å²) in [4.78, 5) is 12.8. The monoisotopic (exact) mass is 343 g/mol. The third kappa shape index (κ3) is 3.68. The standard InChI is InChI=1S/C13H14BrNO3S/c1-17-7-4-10(11-3-2-6-18-11)15-13(16)12-9(14)5-8-19-12/h2-3,5-6,8,10H,4,7H2,1H3,(H,15,16)/t10-/m0/s1. The fourth-order valence-corrected chi connectivity index (χ4v) is 3.14. The molecular formula is C13H14BrNO3S. The zero-order valence-electron chi connectivity index (χ0n) is 10.4. The van der Waals surface area contributed by atoms with Gasteiger partial charge in [-0.25, -0.2) is 0 Å². The SMILES string of the molecule is COCC[C@H](NC(=O)c1sccc1Br)c1ccco1. The third-order valence-electron chi connectivity index (χ3n) is 2.63. The first-order chi connectivity index (χ1) is 9.22. The van der Waals surface area contributed by atoms with Crippen molar-refractivity contribution in [2.75, 3.05) is 13.7 Å². The normalized spacial score (nSPS) is 12.3. The summed E-state index contributed by atoms with van der Waals surface area (Å²) in [7, 11) is 1.64. The molecule has 0 aliphatic heterocycles. The van der Waals surface area contributed by atoms with Crippen LogP contribution in [0.2, 0.25) is 0 Å². The molecule has 2 rings (SSSR count). The highest BCUT2D eigenvalue weighted by atomic mass is 79.9. The number of amides is 1. The van der Waals surface area contributed by atoms with E-state index in [1.165, 1.54) is 11.3 Å². The molecular weight excluding hydrogens is 330 g/mol. The molecule has 0 saturated carbocycles. The number of methoxy groups -OCH3 is 1. The van der Waals surface area contributed by atoms with Crippen molar-refractivity contribution in [2.45, 2.75) is 12.5 Å². The number of hydrogen-bond acceptors (Lipinski definition) is 4. The first-order valence-corrected chi connectivity index (χ1v) is 7.46. The van der Waals surface area contributed by atoms with E-state index in [0.717, 1.165) is 10.2 Å². The van der Waals surface area contributed by atoms with Gasteiger partial charge in [0.2, 0.25) is 0 Å². The molecule has 0 spiro atoms. The quantitative estimate of drug-likeness (QED) is 0.871. The van der Waals surface area contributed by atoms with Crippen LogP contribution in [0, 0.1) is 0 Å². The molecule has 0 unspecified atom stereocenters. The smallest absolute Gasteiger partial charge is 0.263 e. The van der Waals surface area contributed by atoms with Crippen LogP contribution in [0.5, 0.6) is 0 Å². The Morgan fingerprint density at radius 3 is 3.00 bits per heavy atom. The van der Waals surface area contributed by atoms with E-state index in [0.29, 0.717) is 17.9 Å². The molecule has 0 radical (unpaired) electrons. The number of ether oxygens (including phenoxy) is 1. The van der Waals surface area contributed by atoms with E-state index < -0.39 is 0 Å². The maximum absolute atomic E-state index is 12.2. The molecule has 0 bridgehead atoms. The summed E-state index contributed by atoms with van der Waals surface area (Å²) in [6.45, 7) is 0.553. The van der Waals surface area contributed by atoms with Crippen molar-refractivity contribution in [3.05, 3.63) is 45.0 Å². The molecule has 0 fully saturated rings. The minimum atomic E-state index is -0.184. The van der Waals surface area contributed by atoms with E-state index in [1.807, 2.05) is 23.6 Å². The van der Waals surface area contributed by atoms with Gasteiger partial charge in [-0.3, -0.25) is 4.79 Å². The number of carbonyl (C=O) groups excluding carboxylic acids is 1. The van der Waals surface area contributed by atoms with Crippen molar-refractivity contribution >= 4 is 33.2 Å². The van der Waals surface area contributed by atoms with Gasteiger partial charge in [0, 0.05) is 18.2 Å². The largest absolute Gasteiger partial charge is 0.467 e. The molecule has 0 aliphatic rings. The minimum absolute atomic E-state index is 0.112. The number of thiophene rings is 1. The second-order valence-corrected chi connectivity index (χ2v) is 5.69. The highest BCUT2D eigenvalue weighted by molar-refractivity contribution is 9.10. The summed E-state index contributed by atoms with van der Waals surface area (Å²) in [5.41, 5.74) is 0. The lowest BCUT2D eigenvalue weighted by molar-refractivity contribution is 0.0920. The summed E-state index contributed by atoms with van der Waals surface area (Å²) in [6.07, 6.45) is 2.26. The first kappa shape index (κ1) is 14.3. The van der Waals surface area contributed by atoms with Gasteiger partial charge in [-0.05, 0) is 45.9 Å². The summed E-state index contributed by atoms with van der Waals surface area (Å²) in [6, 6.07) is 5.33. The fourth-order valence-electron chi connectivity index (χ4n) is 1.69. The molecule has 19 heavy (non-hydrogen) atoms. The van der Waals surface area contributed by atoms with Crippen LogP contribution in [-0.4, -0.2) is 19.6 Å². The van der Waals surface area contributed by atoms with E-state index in [4.69, 9.17) is 9.15 Å². The molecule has 2 aromatic heterocycles. The lowest BCUT2D eigenvalue weighted by atomic mass is 10.1. The van der Waals surface area contributed by atoms with Crippen molar-refractivity contribution in [3.63, 3.8) is 0 Å². The maximum Gasteiger partial charge on any atom is 0.263 e. The lowest BCUT2D eigenvalue weighted by Crippen LogP contribution is -2.28. The minimum Gasteiger partial charge on any atom is -0.467 e. The molecule has 1 amide bonds. The predicted molar refractivity (Wildman–Crippen MR) is 77.4 cm³/mol. The van der Waals surface area contributed by atoms with Gasteiger partial charge in [0.1, 0.15) is 10.6 Å². The predicted octanol–water partition coefficient (Wildman–Crippen LogP) is 3.61. The van der Waals surface area contributed by atoms with E-state index in [1.54, 1.807) is 13.4 Å². The Kier molecular flexibility index (Phi) is 5.18. The third-order valence-corrected chi connectivity index (χ3v) is 4.46. The van der Waals surface area contributed by atoms with Gasteiger partial charge in [0.25, 0.3) is 5.91 Å².